The molecule has 0 amide bonds. The molecule has 3 atom stereocenters. The number of rotatable bonds is 0. The molecule has 9 heavy (non-hydrogen) atoms. The Morgan fingerprint density at radius 2 is 2.22 bits per heavy atom. The highest BCUT2D eigenvalue weighted by molar-refractivity contribution is 5.85. The molecule has 1 heterocycles. The van der Waals surface area contributed by atoms with E-state index in [4.69, 9.17) is 5.11 Å². The quantitative estimate of drug-likeness (QED) is 0.514. The van der Waals surface area contributed by atoms with Gasteiger partial charge in [-0.3, -0.25) is 0 Å². The Hall–Kier alpha value is 0.210. The molecule has 0 bridgehead atoms. The molecule has 3 heteroatoms. The molecule has 0 aromatic rings. The minimum atomic E-state index is 0. The van der Waals surface area contributed by atoms with Crippen LogP contribution in [0.1, 0.15) is 12.8 Å². The largest absolute Gasteiger partial charge is 0.393 e. The van der Waals surface area contributed by atoms with Gasteiger partial charge < -0.3 is 10.4 Å². The SMILES string of the molecule is Cl.OC1C[C@@H]2NCC[C@@H]12. The second kappa shape index (κ2) is 2.45. The Morgan fingerprint density at radius 1 is 1.44 bits per heavy atom. The van der Waals surface area contributed by atoms with Gasteiger partial charge in [-0.15, -0.1) is 12.4 Å². The van der Waals surface area contributed by atoms with Crippen LogP contribution in [0.4, 0.5) is 0 Å². The molecule has 0 aromatic carbocycles. The number of aliphatic hydroxyl groups excluding tert-OH is 1. The summed E-state index contributed by atoms with van der Waals surface area (Å²) in [4.78, 5) is 0. The molecule has 2 aliphatic rings. The summed E-state index contributed by atoms with van der Waals surface area (Å²) in [7, 11) is 0. The highest BCUT2D eigenvalue weighted by atomic mass is 35.5. The van der Waals surface area contributed by atoms with E-state index in [-0.39, 0.29) is 18.5 Å². The van der Waals surface area contributed by atoms with E-state index in [1.165, 1.54) is 6.42 Å². The first-order chi connectivity index (χ1) is 3.88. The first kappa shape index (κ1) is 7.32. The van der Waals surface area contributed by atoms with E-state index in [1.54, 1.807) is 0 Å². The molecule has 2 rings (SSSR count). The van der Waals surface area contributed by atoms with Gasteiger partial charge >= 0.3 is 0 Å². The van der Waals surface area contributed by atoms with Crippen molar-refractivity contribution in [2.75, 3.05) is 6.54 Å². The van der Waals surface area contributed by atoms with E-state index < -0.39 is 0 Å². The Morgan fingerprint density at radius 3 is 2.67 bits per heavy atom. The molecule has 1 saturated heterocycles. The Balaban J connectivity index is 0.000000405. The third kappa shape index (κ3) is 0.955. The maximum absolute atomic E-state index is 9.08. The van der Waals surface area contributed by atoms with E-state index in [0.717, 1.165) is 13.0 Å². The predicted octanol–water partition coefficient (Wildman–Crippen LogP) is 0.151. The van der Waals surface area contributed by atoms with Crippen LogP contribution < -0.4 is 5.32 Å². The summed E-state index contributed by atoms with van der Waals surface area (Å²) in [6.45, 7) is 1.12. The summed E-state index contributed by atoms with van der Waals surface area (Å²) < 4.78 is 0. The van der Waals surface area contributed by atoms with Crippen LogP contribution >= 0.6 is 12.4 Å². The van der Waals surface area contributed by atoms with Gasteiger partial charge in [0.15, 0.2) is 0 Å². The number of fused-ring (bicyclic) bond motifs is 1. The Kier molecular flexibility index (Phi) is 1.99. The van der Waals surface area contributed by atoms with Crippen molar-refractivity contribution in [1.29, 1.82) is 0 Å². The molecule has 2 fully saturated rings. The van der Waals surface area contributed by atoms with Crippen molar-refractivity contribution in [3.05, 3.63) is 0 Å². The van der Waals surface area contributed by atoms with Crippen molar-refractivity contribution in [3.63, 3.8) is 0 Å². The monoisotopic (exact) mass is 149 g/mol. The summed E-state index contributed by atoms with van der Waals surface area (Å²) in [5.74, 6) is 0.606. The number of hydrogen-bond acceptors (Lipinski definition) is 2. The number of aliphatic hydroxyl groups is 1. The lowest BCUT2D eigenvalue weighted by molar-refractivity contribution is 0.0130. The lowest BCUT2D eigenvalue weighted by Crippen LogP contribution is -2.47. The smallest absolute Gasteiger partial charge is 0.0598 e. The van der Waals surface area contributed by atoms with Crippen LogP contribution in [0, 0.1) is 5.92 Å². The van der Waals surface area contributed by atoms with Crippen molar-refractivity contribution < 1.29 is 5.11 Å². The first-order valence-electron chi connectivity index (χ1n) is 3.29. The predicted molar refractivity (Wildman–Crippen MR) is 37.8 cm³/mol. The van der Waals surface area contributed by atoms with Crippen LogP contribution in [0.15, 0.2) is 0 Å². The molecule has 1 aliphatic heterocycles. The van der Waals surface area contributed by atoms with Crippen LogP contribution in [-0.4, -0.2) is 23.8 Å². The second-order valence-corrected chi connectivity index (χ2v) is 2.82. The van der Waals surface area contributed by atoms with Gasteiger partial charge in [-0.1, -0.05) is 0 Å². The lowest BCUT2D eigenvalue weighted by Gasteiger charge is -2.35. The summed E-state index contributed by atoms with van der Waals surface area (Å²) in [6.07, 6.45) is 2.20. The van der Waals surface area contributed by atoms with Crippen molar-refractivity contribution >= 4 is 12.4 Å². The van der Waals surface area contributed by atoms with E-state index in [0.29, 0.717) is 12.0 Å². The minimum absolute atomic E-state index is 0. The summed E-state index contributed by atoms with van der Waals surface area (Å²) in [5, 5.41) is 12.4. The van der Waals surface area contributed by atoms with E-state index in [2.05, 4.69) is 5.32 Å². The highest BCUT2D eigenvalue weighted by Crippen LogP contribution is 2.34. The molecule has 2 N–H and O–H groups in total. The molecule has 1 saturated carbocycles. The first-order valence-corrected chi connectivity index (χ1v) is 3.29. The van der Waals surface area contributed by atoms with Gasteiger partial charge in [0.1, 0.15) is 0 Å². The molecule has 1 aliphatic carbocycles. The second-order valence-electron chi connectivity index (χ2n) is 2.82. The average Bonchev–Trinajstić information content (AvgIpc) is 2.09. The van der Waals surface area contributed by atoms with Gasteiger partial charge in [0.2, 0.25) is 0 Å². The van der Waals surface area contributed by atoms with Crippen molar-refractivity contribution in [2.24, 2.45) is 5.92 Å². The zero-order chi connectivity index (χ0) is 5.56. The maximum atomic E-state index is 9.08. The van der Waals surface area contributed by atoms with Crippen LogP contribution in [0.5, 0.6) is 0 Å². The van der Waals surface area contributed by atoms with Crippen molar-refractivity contribution in [2.45, 2.75) is 25.0 Å². The minimum Gasteiger partial charge on any atom is -0.393 e. The van der Waals surface area contributed by atoms with Crippen molar-refractivity contribution in [1.82, 2.24) is 5.32 Å². The van der Waals surface area contributed by atoms with Crippen molar-refractivity contribution in [3.8, 4) is 0 Å². The van der Waals surface area contributed by atoms with Gasteiger partial charge in [0, 0.05) is 12.0 Å². The molecule has 54 valence electrons. The average molecular weight is 150 g/mol. The molecule has 2 nitrogen and oxygen atoms in total. The molecular weight excluding hydrogens is 138 g/mol. The Labute approximate surface area is 61.0 Å². The lowest BCUT2D eigenvalue weighted by atomic mass is 9.78. The highest BCUT2D eigenvalue weighted by Gasteiger charge is 2.42. The molecule has 0 spiro atoms. The van der Waals surface area contributed by atoms with Gasteiger partial charge in [0.05, 0.1) is 6.10 Å². The summed E-state index contributed by atoms with van der Waals surface area (Å²) >= 11 is 0. The zero-order valence-corrected chi connectivity index (χ0v) is 6.03. The van der Waals surface area contributed by atoms with Gasteiger partial charge in [-0.2, -0.15) is 0 Å². The molecule has 0 aromatic heterocycles. The van der Waals surface area contributed by atoms with Gasteiger partial charge in [-0.05, 0) is 19.4 Å². The third-order valence-electron chi connectivity index (χ3n) is 2.39. The van der Waals surface area contributed by atoms with Crippen LogP contribution in [0.3, 0.4) is 0 Å². The molecule has 1 unspecified atom stereocenters. The normalized spacial score (nSPS) is 47.0. The van der Waals surface area contributed by atoms with Gasteiger partial charge in [0.25, 0.3) is 0 Å². The van der Waals surface area contributed by atoms with Crippen LogP contribution in [0.25, 0.3) is 0 Å². The van der Waals surface area contributed by atoms with E-state index in [1.807, 2.05) is 0 Å². The number of halogens is 1. The van der Waals surface area contributed by atoms with E-state index in [9.17, 15) is 0 Å². The summed E-state index contributed by atoms with van der Waals surface area (Å²) in [6, 6.07) is 0.671. The number of hydrogen-bond donors (Lipinski definition) is 2. The zero-order valence-electron chi connectivity index (χ0n) is 5.21. The van der Waals surface area contributed by atoms with E-state index >= 15 is 0 Å². The van der Waals surface area contributed by atoms with Gasteiger partial charge in [-0.25, -0.2) is 0 Å². The standard InChI is InChI=1S/C6H11NO.ClH/c8-6-3-5-4(6)1-2-7-5;/h4-8H,1-3H2;1H/t4-,5+,6?;/m1./s1. The summed E-state index contributed by atoms with van der Waals surface area (Å²) in [5.41, 5.74) is 0. The molecule has 0 radical (unpaired) electrons. The number of nitrogens with one attached hydrogen (secondary N) is 1. The fraction of sp³-hybridized carbons (Fsp3) is 1.00. The van der Waals surface area contributed by atoms with Crippen LogP contribution in [-0.2, 0) is 0 Å². The van der Waals surface area contributed by atoms with Crippen LogP contribution in [0.2, 0.25) is 0 Å². The topological polar surface area (TPSA) is 32.3 Å². The third-order valence-corrected chi connectivity index (χ3v) is 2.39. The molecular formula is C6H12ClNO. The fourth-order valence-corrected chi connectivity index (χ4v) is 1.75. The Bertz CT molecular complexity index is 109. The maximum Gasteiger partial charge on any atom is 0.0598 e. The fourth-order valence-electron chi connectivity index (χ4n) is 1.75.